The summed E-state index contributed by atoms with van der Waals surface area (Å²) in [5.41, 5.74) is -0.245. The fraction of sp³-hybridized carbons (Fsp3) is 0.167. The van der Waals surface area contributed by atoms with Crippen molar-refractivity contribution >= 4 is 17.0 Å². The Labute approximate surface area is 112 Å². The minimum atomic E-state index is -0.825. The van der Waals surface area contributed by atoms with Gasteiger partial charge in [0.2, 0.25) is 0 Å². The van der Waals surface area contributed by atoms with Gasteiger partial charge in [-0.3, -0.25) is 10.1 Å². The van der Waals surface area contributed by atoms with Crippen molar-refractivity contribution < 1.29 is 19.2 Å². The monoisotopic (exact) mass is 283 g/mol. The van der Waals surface area contributed by atoms with Gasteiger partial charge in [0, 0.05) is 17.0 Å². The zero-order valence-corrected chi connectivity index (χ0v) is 10.7. The lowest BCUT2D eigenvalue weighted by Crippen LogP contribution is -1.89. The minimum Gasteiger partial charge on any atom is -0.440 e. The average molecular weight is 283 g/mol. The third-order valence-corrected chi connectivity index (χ3v) is 3.49. The predicted molar refractivity (Wildman–Crippen MR) is 68.1 cm³/mol. The summed E-state index contributed by atoms with van der Waals surface area (Å²) >= 11 is 0.960. The van der Waals surface area contributed by atoms with Crippen LogP contribution in [0.15, 0.2) is 30.3 Å². The smallest absolute Gasteiger partial charge is 0.323 e. The van der Waals surface area contributed by atoms with E-state index >= 15 is 0 Å². The van der Waals surface area contributed by atoms with Crippen molar-refractivity contribution in [3.05, 3.63) is 51.1 Å². The molecule has 1 atom stereocenters. The molecular formula is C12H10FNO4S. The van der Waals surface area contributed by atoms with E-state index in [0.717, 1.165) is 17.4 Å². The maximum atomic E-state index is 13.0. The molecule has 0 saturated heterocycles. The second-order valence-electron chi connectivity index (χ2n) is 3.81. The minimum absolute atomic E-state index is 0.0199. The Morgan fingerprint density at radius 1 is 1.47 bits per heavy atom. The van der Waals surface area contributed by atoms with Gasteiger partial charge in [-0.15, -0.1) is 0 Å². The largest absolute Gasteiger partial charge is 0.440 e. The summed E-state index contributed by atoms with van der Waals surface area (Å²) in [7, 11) is 0. The summed E-state index contributed by atoms with van der Waals surface area (Å²) in [6, 6.07) is 6.57. The number of nitrogens with zero attached hydrogens (tertiary/aromatic N) is 1. The summed E-state index contributed by atoms with van der Waals surface area (Å²) < 4.78 is 18.3. The number of benzene rings is 1. The van der Waals surface area contributed by atoms with Crippen LogP contribution in [0.3, 0.4) is 0 Å². The first-order valence-corrected chi connectivity index (χ1v) is 6.18. The topological polar surface area (TPSA) is 72.6 Å². The Bertz CT molecular complexity index is 612. The number of nitro groups is 1. The Kier molecular flexibility index (Phi) is 3.77. The molecule has 1 aromatic heterocycles. The highest BCUT2D eigenvalue weighted by Gasteiger charge is 2.23. The number of thiophene rings is 1. The van der Waals surface area contributed by atoms with Gasteiger partial charge in [0.15, 0.2) is 0 Å². The zero-order valence-electron chi connectivity index (χ0n) is 9.87. The summed E-state index contributed by atoms with van der Waals surface area (Å²) in [6.45, 7) is 1.50. The van der Waals surface area contributed by atoms with Crippen LogP contribution in [0.4, 0.5) is 10.1 Å². The van der Waals surface area contributed by atoms with E-state index < -0.39 is 16.8 Å². The van der Waals surface area contributed by atoms with Crippen LogP contribution in [0.25, 0.3) is 0 Å². The first kappa shape index (κ1) is 13.4. The number of aliphatic hydroxyl groups excluding tert-OH is 1. The highest BCUT2D eigenvalue weighted by molar-refractivity contribution is 7.14. The average Bonchev–Trinajstić information content (AvgIpc) is 2.73. The standard InChI is InChI=1S/C12H10FNO4S/c1-7(15)11-6-10(14(16)17)12(19-11)18-9-4-2-3-8(13)5-9/h2-7,15H,1H3. The Hall–Kier alpha value is -1.99. The molecule has 0 radical (unpaired) electrons. The number of ether oxygens (including phenoxy) is 1. The summed E-state index contributed by atoms with van der Waals surface area (Å²) in [4.78, 5) is 10.7. The second-order valence-corrected chi connectivity index (χ2v) is 4.86. The highest BCUT2D eigenvalue weighted by Crippen LogP contribution is 2.41. The van der Waals surface area contributed by atoms with E-state index in [1.165, 1.54) is 31.2 Å². The molecule has 2 rings (SSSR count). The van der Waals surface area contributed by atoms with Gasteiger partial charge in [0.1, 0.15) is 11.6 Å². The highest BCUT2D eigenvalue weighted by atomic mass is 32.1. The molecule has 100 valence electrons. The third-order valence-electron chi connectivity index (χ3n) is 2.31. The Morgan fingerprint density at radius 2 is 2.21 bits per heavy atom. The van der Waals surface area contributed by atoms with E-state index in [2.05, 4.69) is 0 Å². The first-order valence-electron chi connectivity index (χ1n) is 5.37. The van der Waals surface area contributed by atoms with Crippen molar-refractivity contribution in [2.45, 2.75) is 13.0 Å². The van der Waals surface area contributed by atoms with Gasteiger partial charge in [-0.2, -0.15) is 0 Å². The van der Waals surface area contributed by atoms with Gasteiger partial charge in [-0.25, -0.2) is 4.39 Å². The number of halogens is 1. The fourth-order valence-corrected chi connectivity index (χ4v) is 2.36. The zero-order chi connectivity index (χ0) is 14.0. The third kappa shape index (κ3) is 3.07. The molecule has 0 spiro atoms. The van der Waals surface area contributed by atoms with Gasteiger partial charge < -0.3 is 9.84 Å². The molecule has 5 nitrogen and oxygen atoms in total. The summed E-state index contributed by atoms with van der Waals surface area (Å²) in [5.74, 6) is -0.324. The van der Waals surface area contributed by atoms with Crippen LogP contribution in [-0.4, -0.2) is 10.0 Å². The molecule has 0 amide bonds. The SMILES string of the molecule is CC(O)c1cc([N+](=O)[O-])c(Oc2cccc(F)c2)s1. The molecule has 1 N–H and O–H groups in total. The Balaban J connectivity index is 2.36. The van der Waals surface area contributed by atoms with E-state index in [9.17, 15) is 19.6 Å². The number of hydrogen-bond acceptors (Lipinski definition) is 5. The van der Waals surface area contributed by atoms with Crippen LogP contribution < -0.4 is 4.74 Å². The van der Waals surface area contributed by atoms with Crippen molar-refractivity contribution in [1.82, 2.24) is 0 Å². The molecule has 0 fully saturated rings. The maximum absolute atomic E-state index is 13.0. The lowest BCUT2D eigenvalue weighted by atomic mass is 10.3. The molecule has 0 aliphatic heterocycles. The van der Waals surface area contributed by atoms with Crippen LogP contribution in [0.5, 0.6) is 10.8 Å². The van der Waals surface area contributed by atoms with E-state index in [1.54, 1.807) is 0 Å². The van der Waals surface area contributed by atoms with Crippen molar-refractivity contribution in [2.24, 2.45) is 0 Å². The van der Waals surface area contributed by atoms with Crippen LogP contribution in [0.1, 0.15) is 17.9 Å². The van der Waals surface area contributed by atoms with Crippen LogP contribution >= 0.6 is 11.3 Å². The van der Waals surface area contributed by atoms with E-state index in [4.69, 9.17) is 4.74 Å². The molecule has 1 unspecified atom stereocenters. The second kappa shape index (κ2) is 5.33. The van der Waals surface area contributed by atoms with Crippen LogP contribution in [0, 0.1) is 15.9 Å². The van der Waals surface area contributed by atoms with E-state index in [0.29, 0.717) is 4.88 Å². The molecular weight excluding hydrogens is 273 g/mol. The molecule has 0 bridgehead atoms. The molecule has 19 heavy (non-hydrogen) atoms. The molecule has 0 aliphatic carbocycles. The van der Waals surface area contributed by atoms with Gasteiger partial charge in [-0.1, -0.05) is 17.4 Å². The van der Waals surface area contributed by atoms with Crippen LogP contribution in [0.2, 0.25) is 0 Å². The van der Waals surface area contributed by atoms with Gasteiger partial charge in [-0.05, 0) is 19.1 Å². The Morgan fingerprint density at radius 3 is 2.79 bits per heavy atom. The van der Waals surface area contributed by atoms with Gasteiger partial charge in [0.25, 0.3) is 5.06 Å². The van der Waals surface area contributed by atoms with E-state index in [1.807, 2.05) is 0 Å². The van der Waals surface area contributed by atoms with Gasteiger partial charge >= 0.3 is 5.69 Å². The first-order chi connectivity index (χ1) is 8.97. The number of hydrogen-bond donors (Lipinski definition) is 1. The number of aliphatic hydroxyl groups is 1. The van der Waals surface area contributed by atoms with Crippen molar-refractivity contribution in [3.63, 3.8) is 0 Å². The quantitative estimate of drug-likeness (QED) is 0.686. The molecule has 7 heteroatoms. The van der Waals surface area contributed by atoms with Crippen LogP contribution in [-0.2, 0) is 0 Å². The molecule has 1 heterocycles. The molecule has 0 aliphatic rings. The van der Waals surface area contributed by atoms with E-state index in [-0.39, 0.29) is 16.5 Å². The molecule has 0 saturated carbocycles. The van der Waals surface area contributed by atoms with Crippen molar-refractivity contribution in [2.75, 3.05) is 0 Å². The molecule has 2 aromatic rings. The normalized spacial score (nSPS) is 12.2. The molecule has 1 aromatic carbocycles. The summed E-state index contributed by atoms with van der Waals surface area (Å²) in [5, 5.41) is 20.3. The lowest BCUT2D eigenvalue weighted by Gasteiger charge is -2.02. The maximum Gasteiger partial charge on any atom is 0.323 e. The van der Waals surface area contributed by atoms with Crippen molar-refractivity contribution in [3.8, 4) is 10.8 Å². The van der Waals surface area contributed by atoms with Crippen molar-refractivity contribution in [1.29, 1.82) is 0 Å². The van der Waals surface area contributed by atoms with Gasteiger partial charge in [0.05, 0.1) is 11.0 Å². The lowest BCUT2D eigenvalue weighted by molar-refractivity contribution is -0.385. The predicted octanol–water partition coefficient (Wildman–Crippen LogP) is 3.64. The fourth-order valence-electron chi connectivity index (χ4n) is 1.43. The number of rotatable bonds is 4. The summed E-state index contributed by atoms with van der Waals surface area (Å²) in [6.07, 6.45) is -0.825.